The van der Waals surface area contributed by atoms with Gasteiger partial charge in [0.15, 0.2) is 0 Å². The third-order valence-corrected chi connectivity index (χ3v) is 4.23. The minimum Gasteiger partial charge on any atom is -0.389 e. The second-order valence-corrected chi connectivity index (χ2v) is 6.82. The largest absolute Gasteiger partial charge is 0.389 e. The van der Waals surface area contributed by atoms with Crippen LogP contribution in [0.2, 0.25) is 5.02 Å². The molecule has 1 aromatic rings. The van der Waals surface area contributed by atoms with Gasteiger partial charge in [0, 0.05) is 43.4 Å². The molecule has 134 valence electrons. The molecule has 0 radical (unpaired) electrons. The van der Waals surface area contributed by atoms with E-state index in [1.807, 2.05) is 32.0 Å². The fraction of sp³-hybridized carbons (Fsp3) is 0.556. The van der Waals surface area contributed by atoms with Gasteiger partial charge in [-0.3, -0.25) is 4.90 Å². The molecule has 1 heterocycles. The van der Waals surface area contributed by atoms with Crippen molar-refractivity contribution in [3.63, 3.8) is 0 Å². The van der Waals surface area contributed by atoms with Gasteiger partial charge in [-0.25, -0.2) is 0 Å². The number of aliphatic hydroxyl groups excluding tert-OH is 1. The van der Waals surface area contributed by atoms with E-state index in [2.05, 4.69) is 21.8 Å². The molecule has 1 fully saturated rings. The Labute approximate surface area is 156 Å². The van der Waals surface area contributed by atoms with Crippen molar-refractivity contribution in [1.82, 2.24) is 4.90 Å². The maximum atomic E-state index is 10.1. The normalized spacial score (nSPS) is 17.0. The molecule has 1 saturated heterocycles. The molecule has 1 unspecified atom stereocenters. The second kappa shape index (κ2) is 9.50. The highest BCUT2D eigenvalue weighted by atomic mass is 35.5. The third kappa shape index (κ3) is 6.51. The number of terminal acetylenes is 1. The highest BCUT2D eigenvalue weighted by Crippen LogP contribution is 2.20. The first-order chi connectivity index (χ1) is 10.9. The summed E-state index contributed by atoms with van der Waals surface area (Å²) in [4.78, 5) is 4.56. The Kier molecular flexibility index (Phi) is 8.35. The van der Waals surface area contributed by atoms with E-state index in [1.165, 1.54) is 0 Å². The number of nitrogens with zero attached hydrogens (tertiary/aromatic N) is 2. The number of hydrogen-bond acceptors (Lipinski definition) is 4. The summed E-state index contributed by atoms with van der Waals surface area (Å²) in [5.74, 6) is 2.56. The zero-order valence-corrected chi connectivity index (χ0v) is 15.8. The number of hydrogen-bond donors (Lipinski definition) is 1. The Morgan fingerprint density at radius 2 is 2.00 bits per heavy atom. The van der Waals surface area contributed by atoms with Crippen LogP contribution < -0.4 is 4.90 Å². The minimum atomic E-state index is -0.633. The summed E-state index contributed by atoms with van der Waals surface area (Å²) in [6.07, 6.45) is 4.85. The van der Waals surface area contributed by atoms with Crippen LogP contribution in [0.3, 0.4) is 0 Å². The van der Waals surface area contributed by atoms with Gasteiger partial charge in [-0.15, -0.1) is 18.8 Å². The Morgan fingerprint density at radius 1 is 1.33 bits per heavy atom. The number of anilines is 1. The summed E-state index contributed by atoms with van der Waals surface area (Å²) < 4.78 is 5.55. The van der Waals surface area contributed by atoms with Gasteiger partial charge in [0.25, 0.3) is 0 Å². The molecule has 1 atom stereocenters. The van der Waals surface area contributed by atoms with Crippen LogP contribution in [0, 0.1) is 12.3 Å². The SMILES string of the molecule is C#CC(C)(C)OCC(O)CN1CCN(c2cccc(Cl)c2)CC1.Cl. The summed E-state index contributed by atoms with van der Waals surface area (Å²) in [6, 6.07) is 7.92. The zero-order chi connectivity index (χ0) is 16.9. The van der Waals surface area contributed by atoms with Gasteiger partial charge >= 0.3 is 0 Å². The van der Waals surface area contributed by atoms with Crippen molar-refractivity contribution in [3.8, 4) is 12.3 Å². The minimum absolute atomic E-state index is 0. The molecule has 0 saturated carbocycles. The van der Waals surface area contributed by atoms with E-state index in [9.17, 15) is 5.11 Å². The summed E-state index contributed by atoms with van der Waals surface area (Å²) >= 11 is 6.05. The van der Waals surface area contributed by atoms with Crippen LogP contribution in [0.15, 0.2) is 24.3 Å². The fourth-order valence-electron chi connectivity index (χ4n) is 2.56. The molecule has 6 heteroatoms. The monoisotopic (exact) mass is 372 g/mol. The Balaban J connectivity index is 0.00000288. The molecule has 4 nitrogen and oxygen atoms in total. The van der Waals surface area contributed by atoms with Crippen molar-refractivity contribution in [3.05, 3.63) is 29.3 Å². The average Bonchev–Trinajstić information content (AvgIpc) is 2.54. The van der Waals surface area contributed by atoms with E-state index in [4.69, 9.17) is 22.8 Å². The summed E-state index contributed by atoms with van der Waals surface area (Å²) in [7, 11) is 0. The molecule has 1 N–H and O–H groups in total. The zero-order valence-electron chi connectivity index (χ0n) is 14.2. The predicted octanol–water partition coefficient (Wildman–Crippen LogP) is 2.67. The highest BCUT2D eigenvalue weighted by Gasteiger charge is 2.21. The van der Waals surface area contributed by atoms with Crippen molar-refractivity contribution in [2.24, 2.45) is 0 Å². The Hall–Kier alpha value is -0.960. The number of benzene rings is 1. The van der Waals surface area contributed by atoms with Gasteiger partial charge in [-0.05, 0) is 32.0 Å². The van der Waals surface area contributed by atoms with Crippen molar-refractivity contribution >= 4 is 29.7 Å². The van der Waals surface area contributed by atoms with Crippen LogP contribution in [-0.4, -0.2) is 61.0 Å². The van der Waals surface area contributed by atoms with Gasteiger partial charge in [-0.2, -0.15) is 0 Å². The quantitative estimate of drug-likeness (QED) is 0.778. The number of rotatable bonds is 6. The van der Waals surface area contributed by atoms with Gasteiger partial charge < -0.3 is 14.7 Å². The number of aliphatic hydroxyl groups is 1. The molecule has 24 heavy (non-hydrogen) atoms. The number of ether oxygens (including phenoxy) is 1. The molecular formula is C18H26Cl2N2O2. The first kappa shape index (κ1) is 21.1. The molecule has 0 aromatic heterocycles. The Bertz CT molecular complexity index is 552. The topological polar surface area (TPSA) is 35.9 Å². The molecule has 0 aliphatic carbocycles. The first-order valence-electron chi connectivity index (χ1n) is 7.92. The molecule has 1 aliphatic heterocycles. The van der Waals surface area contributed by atoms with E-state index in [-0.39, 0.29) is 19.0 Å². The molecule has 2 rings (SSSR count). The van der Waals surface area contributed by atoms with Crippen LogP contribution in [0.4, 0.5) is 5.69 Å². The van der Waals surface area contributed by atoms with Gasteiger partial charge in [0.05, 0.1) is 12.7 Å². The smallest absolute Gasteiger partial charge is 0.122 e. The fourth-order valence-corrected chi connectivity index (χ4v) is 2.74. The van der Waals surface area contributed by atoms with Crippen molar-refractivity contribution < 1.29 is 9.84 Å². The lowest BCUT2D eigenvalue weighted by Gasteiger charge is -2.37. The van der Waals surface area contributed by atoms with Crippen LogP contribution in [0.5, 0.6) is 0 Å². The van der Waals surface area contributed by atoms with Crippen LogP contribution in [0.25, 0.3) is 0 Å². The molecule has 0 spiro atoms. The standard InChI is InChI=1S/C18H25ClN2O2.ClH/c1-4-18(2,3)23-14-17(22)13-20-8-10-21(11-9-20)16-7-5-6-15(19)12-16;/h1,5-7,12,17,22H,8-11,13-14H2,2-3H3;1H. The van der Waals surface area contributed by atoms with Crippen LogP contribution in [-0.2, 0) is 4.74 Å². The lowest BCUT2D eigenvalue weighted by molar-refractivity contribution is -0.0376. The number of piperazine rings is 1. The van der Waals surface area contributed by atoms with Crippen molar-refractivity contribution in [2.75, 3.05) is 44.2 Å². The first-order valence-corrected chi connectivity index (χ1v) is 8.30. The van der Waals surface area contributed by atoms with Crippen molar-refractivity contribution in [1.29, 1.82) is 0 Å². The summed E-state index contributed by atoms with van der Waals surface area (Å²) in [5.41, 5.74) is 0.517. The van der Waals surface area contributed by atoms with E-state index >= 15 is 0 Å². The van der Waals surface area contributed by atoms with E-state index < -0.39 is 11.7 Å². The summed E-state index contributed by atoms with van der Waals surface area (Å²) in [5, 5.41) is 10.9. The number of halogens is 2. The van der Waals surface area contributed by atoms with E-state index in [1.54, 1.807) is 0 Å². The molecule has 1 aliphatic rings. The van der Waals surface area contributed by atoms with Gasteiger partial charge in [0.1, 0.15) is 5.60 Å². The van der Waals surface area contributed by atoms with Crippen molar-refractivity contribution in [2.45, 2.75) is 25.6 Å². The molecular weight excluding hydrogens is 347 g/mol. The molecule has 1 aromatic carbocycles. The lowest BCUT2D eigenvalue weighted by atomic mass is 10.1. The maximum absolute atomic E-state index is 10.1. The highest BCUT2D eigenvalue weighted by molar-refractivity contribution is 6.30. The van der Waals surface area contributed by atoms with Gasteiger partial charge in [-0.1, -0.05) is 23.6 Å². The van der Waals surface area contributed by atoms with Crippen LogP contribution in [0.1, 0.15) is 13.8 Å². The van der Waals surface area contributed by atoms with E-state index in [0.29, 0.717) is 6.54 Å². The predicted molar refractivity (Wildman–Crippen MR) is 102 cm³/mol. The molecule has 0 amide bonds. The Morgan fingerprint density at radius 3 is 2.58 bits per heavy atom. The summed E-state index contributed by atoms with van der Waals surface area (Å²) in [6.45, 7) is 8.15. The average molecular weight is 373 g/mol. The van der Waals surface area contributed by atoms with E-state index in [0.717, 1.165) is 36.9 Å². The molecule has 0 bridgehead atoms. The lowest BCUT2D eigenvalue weighted by Crippen LogP contribution is -2.49. The van der Waals surface area contributed by atoms with Crippen LogP contribution >= 0.6 is 24.0 Å². The number of β-amino-alcohol motifs (C(OH)–C–C–N with tert-alkyl or cyclic N) is 1. The third-order valence-electron chi connectivity index (χ3n) is 4.00. The second-order valence-electron chi connectivity index (χ2n) is 6.39. The van der Waals surface area contributed by atoms with Gasteiger partial charge in [0.2, 0.25) is 0 Å². The maximum Gasteiger partial charge on any atom is 0.122 e.